The molecule has 0 atom stereocenters. The van der Waals surface area contributed by atoms with E-state index in [4.69, 9.17) is 0 Å². The number of piperidine rings is 1. The Morgan fingerprint density at radius 2 is 1.96 bits per heavy atom. The van der Waals surface area contributed by atoms with Gasteiger partial charge in [0.25, 0.3) is 0 Å². The van der Waals surface area contributed by atoms with Crippen molar-refractivity contribution in [3.05, 3.63) is 47.3 Å². The summed E-state index contributed by atoms with van der Waals surface area (Å²) in [4.78, 5) is 22.2. The van der Waals surface area contributed by atoms with Crippen molar-refractivity contribution in [3.63, 3.8) is 0 Å². The monoisotopic (exact) mass is 329 g/mol. The van der Waals surface area contributed by atoms with E-state index in [2.05, 4.69) is 22.1 Å². The van der Waals surface area contributed by atoms with Crippen molar-refractivity contribution < 1.29 is 4.79 Å². The number of carbonyl (C=O) groups is 1. The predicted molar refractivity (Wildman–Crippen MR) is 93.7 cm³/mol. The quantitative estimate of drug-likeness (QED) is 0.855. The second kappa shape index (κ2) is 7.68. The molecular weight excluding hydrogens is 306 g/mol. The summed E-state index contributed by atoms with van der Waals surface area (Å²) >= 11 is 1.51. The molecule has 2 heterocycles. The minimum atomic E-state index is 0.230. The van der Waals surface area contributed by atoms with Gasteiger partial charge in [-0.05, 0) is 31.7 Å². The van der Waals surface area contributed by atoms with E-state index in [1.165, 1.54) is 23.7 Å². The van der Waals surface area contributed by atoms with Crippen molar-refractivity contribution in [2.24, 2.45) is 0 Å². The molecule has 0 aliphatic carbocycles. The molecule has 0 spiro atoms. The summed E-state index contributed by atoms with van der Waals surface area (Å²) in [7, 11) is 0. The second-order valence-electron chi connectivity index (χ2n) is 6.01. The minimum Gasteiger partial charge on any atom is -0.342 e. The van der Waals surface area contributed by atoms with Crippen LogP contribution >= 0.6 is 11.8 Å². The van der Waals surface area contributed by atoms with Crippen LogP contribution in [0.5, 0.6) is 0 Å². The number of aromatic amines is 1. The molecule has 1 saturated heterocycles. The fraction of sp³-hybridized carbons (Fsp3) is 0.444. The molecule has 4 nitrogen and oxygen atoms in total. The molecule has 0 radical (unpaired) electrons. The van der Waals surface area contributed by atoms with E-state index in [1.807, 2.05) is 30.0 Å². The molecule has 2 aromatic rings. The van der Waals surface area contributed by atoms with Gasteiger partial charge < -0.3 is 9.88 Å². The van der Waals surface area contributed by atoms with Crippen LogP contribution < -0.4 is 0 Å². The van der Waals surface area contributed by atoms with Gasteiger partial charge >= 0.3 is 0 Å². The van der Waals surface area contributed by atoms with Crippen LogP contribution in [0.3, 0.4) is 0 Å². The number of aromatic nitrogens is 2. The average Bonchev–Trinajstić information content (AvgIpc) is 2.94. The molecule has 23 heavy (non-hydrogen) atoms. The first-order chi connectivity index (χ1) is 11.2. The van der Waals surface area contributed by atoms with E-state index >= 15 is 0 Å². The zero-order valence-electron chi connectivity index (χ0n) is 13.5. The summed E-state index contributed by atoms with van der Waals surface area (Å²) in [5.41, 5.74) is 3.40. The summed E-state index contributed by atoms with van der Waals surface area (Å²) in [6, 6.07) is 10.3. The molecule has 1 N–H and O–H groups in total. The molecule has 0 unspecified atom stereocenters. The van der Waals surface area contributed by atoms with Crippen LogP contribution in [0, 0.1) is 6.92 Å². The zero-order chi connectivity index (χ0) is 16.1. The molecule has 3 rings (SSSR count). The Morgan fingerprint density at radius 3 is 2.70 bits per heavy atom. The fourth-order valence-electron chi connectivity index (χ4n) is 2.86. The lowest BCUT2D eigenvalue weighted by atomic mass is 10.1. The van der Waals surface area contributed by atoms with Gasteiger partial charge in [0.1, 0.15) is 0 Å². The van der Waals surface area contributed by atoms with Crippen molar-refractivity contribution in [2.45, 2.75) is 37.8 Å². The Labute approximate surface area is 141 Å². The minimum absolute atomic E-state index is 0.230. The first-order valence-electron chi connectivity index (χ1n) is 8.22. The molecule has 1 amide bonds. The molecule has 1 fully saturated rings. The summed E-state index contributed by atoms with van der Waals surface area (Å²) < 4.78 is 0. The first-order valence-corrected chi connectivity index (χ1v) is 9.21. The van der Waals surface area contributed by atoms with Crippen LogP contribution in [-0.4, -0.2) is 39.6 Å². The molecule has 1 aliphatic rings. The van der Waals surface area contributed by atoms with Crippen LogP contribution in [-0.2, 0) is 11.2 Å². The number of carbonyl (C=O) groups excluding carboxylic acids is 1. The maximum absolute atomic E-state index is 12.2. The van der Waals surface area contributed by atoms with E-state index in [0.717, 1.165) is 48.9 Å². The highest BCUT2D eigenvalue weighted by Gasteiger charge is 2.17. The van der Waals surface area contributed by atoms with E-state index in [0.29, 0.717) is 5.75 Å². The standard InChI is InChI=1S/C18H23N3OS/c1-14-16(12-15-8-4-2-5-9-15)20-18(19-14)23-13-17(22)21-10-6-3-7-11-21/h2,4-5,8-9H,3,6-7,10-13H2,1H3,(H,19,20). The summed E-state index contributed by atoms with van der Waals surface area (Å²) in [6.07, 6.45) is 4.34. The number of imidazole rings is 1. The zero-order valence-corrected chi connectivity index (χ0v) is 14.4. The molecule has 0 saturated carbocycles. The van der Waals surface area contributed by atoms with Crippen LogP contribution in [0.4, 0.5) is 0 Å². The Balaban J connectivity index is 1.56. The van der Waals surface area contributed by atoms with Crippen molar-refractivity contribution in [1.82, 2.24) is 14.9 Å². The van der Waals surface area contributed by atoms with Gasteiger partial charge in [0.2, 0.25) is 5.91 Å². The number of H-pyrrole nitrogens is 1. The number of likely N-dealkylation sites (tertiary alicyclic amines) is 1. The van der Waals surface area contributed by atoms with Gasteiger partial charge in [0, 0.05) is 25.2 Å². The maximum atomic E-state index is 12.2. The smallest absolute Gasteiger partial charge is 0.233 e. The van der Waals surface area contributed by atoms with Gasteiger partial charge in [-0.3, -0.25) is 4.79 Å². The number of benzene rings is 1. The molecule has 5 heteroatoms. The molecule has 1 aromatic heterocycles. The highest BCUT2D eigenvalue weighted by atomic mass is 32.2. The largest absolute Gasteiger partial charge is 0.342 e. The Morgan fingerprint density at radius 1 is 1.22 bits per heavy atom. The topological polar surface area (TPSA) is 49.0 Å². The van der Waals surface area contributed by atoms with E-state index in [1.54, 1.807) is 0 Å². The number of thioether (sulfide) groups is 1. The molecule has 0 bridgehead atoms. The molecule has 1 aliphatic heterocycles. The summed E-state index contributed by atoms with van der Waals surface area (Å²) in [6.45, 7) is 3.87. The number of nitrogens with zero attached hydrogens (tertiary/aromatic N) is 2. The maximum Gasteiger partial charge on any atom is 0.233 e. The van der Waals surface area contributed by atoms with Gasteiger partial charge in [-0.1, -0.05) is 42.1 Å². The Kier molecular flexibility index (Phi) is 5.39. The number of hydrogen-bond donors (Lipinski definition) is 1. The number of nitrogens with one attached hydrogen (secondary N) is 1. The third kappa shape index (κ3) is 4.38. The van der Waals surface area contributed by atoms with Gasteiger partial charge in [-0.15, -0.1) is 0 Å². The van der Waals surface area contributed by atoms with Crippen molar-refractivity contribution in [2.75, 3.05) is 18.8 Å². The Hall–Kier alpha value is -1.75. The second-order valence-corrected chi connectivity index (χ2v) is 6.97. The molecular formula is C18H23N3OS. The van der Waals surface area contributed by atoms with Gasteiger partial charge in [-0.25, -0.2) is 4.98 Å². The average molecular weight is 329 g/mol. The van der Waals surface area contributed by atoms with Crippen LogP contribution in [0.2, 0.25) is 0 Å². The van der Waals surface area contributed by atoms with Crippen molar-refractivity contribution in [1.29, 1.82) is 0 Å². The first kappa shape index (κ1) is 16.1. The van der Waals surface area contributed by atoms with Gasteiger partial charge in [-0.2, -0.15) is 0 Å². The van der Waals surface area contributed by atoms with Gasteiger partial charge in [0.05, 0.1) is 11.4 Å². The normalized spacial score (nSPS) is 14.9. The lowest BCUT2D eigenvalue weighted by molar-refractivity contribution is -0.129. The number of rotatable bonds is 5. The van der Waals surface area contributed by atoms with E-state index in [9.17, 15) is 4.79 Å². The highest BCUT2D eigenvalue weighted by Crippen LogP contribution is 2.20. The lowest BCUT2D eigenvalue weighted by Crippen LogP contribution is -2.36. The number of amides is 1. The number of hydrogen-bond acceptors (Lipinski definition) is 3. The third-order valence-corrected chi connectivity index (χ3v) is 5.08. The van der Waals surface area contributed by atoms with Crippen LogP contribution in [0.25, 0.3) is 0 Å². The molecule has 1 aromatic carbocycles. The Bertz CT molecular complexity index is 648. The van der Waals surface area contributed by atoms with Crippen molar-refractivity contribution >= 4 is 17.7 Å². The molecule has 122 valence electrons. The SMILES string of the molecule is Cc1[nH]c(SCC(=O)N2CCCCC2)nc1Cc1ccccc1. The van der Waals surface area contributed by atoms with Crippen LogP contribution in [0.15, 0.2) is 35.5 Å². The predicted octanol–water partition coefficient (Wildman–Crippen LogP) is 3.41. The summed E-state index contributed by atoms with van der Waals surface area (Å²) in [5.74, 6) is 0.700. The van der Waals surface area contributed by atoms with Crippen molar-refractivity contribution in [3.8, 4) is 0 Å². The highest BCUT2D eigenvalue weighted by molar-refractivity contribution is 7.99. The van der Waals surface area contributed by atoms with E-state index in [-0.39, 0.29) is 5.91 Å². The third-order valence-electron chi connectivity index (χ3n) is 4.22. The van der Waals surface area contributed by atoms with Crippen LogP contribution in [0.1, 0.15) is 36.2 Å². The van der Waals surface area contributed by atoms with E-state index < -0.39 is 0 Å². The lowest BCUT2D eigenvalue weighted by Gasteiger charge is -2.26. The number of aryl methyl sites for hydroxylation is 1. The fourth-order valence-corrected chi connectivity index (χ4v) is 3.70. The summed E-state index contributed by atoms with van der Waals surface area (Å²) in [5, 5.41) is 0.846. The van der Waals surface area contributed by atoms with Gasteiger partial charge in [0.15, 0.2) is 5.16 Å².